The smallest absolute Gasteiger partial charge is 0.141 e. The zero-order valence-corrected chi connectivity index (χ0v) is 11.0. The summed E-state index contributed by atoms with van der Waals surface area (Å²) in [6, 6.07) is 7.94. The van der Waals surface area contributed by atoms with Gasteiger partial charge in [-0.25, -0.2) is 0 Å². The maximum absolute atomic E-state index is 8.78. The average molecular weight is 265 g/mol. The van der Waals surface area contributed by atoms with Crippen LogP contribution in [0.4, 0.5) is 0 Å². The Morgan fingerprint density at radius 3 is 2.83 bits per heavy atom. The third-order valence-electron chi connectivity index (χ3n) is 3.40. The molecular weight excluding hydrogens is 248 g/mol. The molecule has 0 aliphatic heterocycles. The molecule has 96 valence electrons. The van der Waals surface area contributed by atoms with Gasteiger partial charge in [0, 0.05) is 11.8 Å². The first-order valence-electron chi connectivity index (χ1n) is 6.18. The van der Waals surface area contributed by atoms with Gasteiger partial charge < -0.3 is 10.5 Å². The minimum Gasteiger partial charge on any atom is -0.491 e. The van der Waals surface area contributed by atoms with Gasteiger partial charge in [-0.2, -0.15) is 5.26 Å². The highest BCUT2D eigenvalue weighted by Gasteiger charge is 2.43. The highest BCUT2D eigenvalue weighted by molar-refractivity contribution is 6.32. The number of rotatable bonds is 6. The van der Waals surface area contributed by atoms with E-state index in [1.54, 1.807) is 0 Å². The predicted octanol–water partition coefficient (Wildman–Crippen LogP) is 2.91. The Bertz CT molecular complexity index is 463. The summed E-state index contributed by atoms with van der Waals surface area (Å²) in [7, 11) is 0. The molecule has 0 saturated heterocycles. The molecule has 1 aromatic carbocycles. The van der Waals surface area contributed by atoms with E-state index in [2.05, 4.69) is 6.07 Å². The summed E-state index contributed by atoms with van der Waals surface area (Å²) >= 11 is 6.16. The van der Waals surface area contributed by atoms with E-state index >= 15 is 0 Å². The molecule has 3 nitrogen and oxygen atoms in total. The molecule has 1 fully saturated rings. The second-order valence-electron chi connectivity index (χ2n) is 4.89. The highest BCUT2D eigenvalue weighted by Crippen LogP contribution is 2.49. The Morgan fingerprint density at radius 1 is 1.44 bits per heavy atom. The normalized spacial score (nSPS) is 16.1. The fourth-order valence-electron chi connectivity index (χ4n) is 2.01. The molecule has 0 amide bonds. The van der Waals surface area contributed by atoms with Gasteiger partial charge in [-0.15, -0.1) is 0 Å². The van der Waals surface area contributed by atoms with Crippen molar-refractivity contribution in [2.24, 2.45) is 11.1 Å². The van der Waals surface area contributed by atoms with Gasteiger partial charge >= 0.3 is 0 Å². The fraction of sp³-hybridized carbons (Fsp3) is 0.500. The molecule has 4 heteroatoms. The van der Waals surface area contributed by atoms with Gasteiger partial charge in [0.15, 0.2) is 0 Å². The van der Waals surface area contributed by atoms with Crippen molar-refractivity contribution in [2.75, 3.05) is 13.2 Å². The second-order valence-corrected chi connectivity index (χ2v) is 5.30. The van der Waals surface area contributed by atoms with E-state index in [9.17, 15) is 0 Å². The minimum absolute atomic E-state index is 0.0634. The number of nitriles is 1. The van der Waals surface area contributed by atoms with Crippen molar-refractivity contribution < 1.29 is 4.74 Å². The van der Waals surface area contributed by atoms with Gasteiger partial charge in [-0.05, 0) is 37.4 Å². The lowest BCUT2D eigenvalue weighted by Crippen LogP contribution is -2.14. The molecule has 1 aliphatic carbocycles. The first kappa shape index (κ1) is 13.2. The number of hydrogen-bond donors (Lipinski definition) is 1. The number of halogens is 1. The lowest BCUT2D eigenvalue weighted by molar-refractivity contribution is 0.235. The van der Waals surface area contributed by atoms with E-state index < -0.39 is 0 Å². The van der Waals surface area contributed by atoms with Crippen molar-refractivity contribution in [2.45, 2.75) is 25.7 Å². The first-order chi connectivity index (χ1) is 8.71. The van der Waals surface area contributed by atoms with Crippen molar-refractivity contribution in [3.63, 3.8) is 0 Å². The van der Waals surface area contributed by atoms with Crippen LogP contribution in [0.5, 0.6) is 5.75 Å². The van der Waals surface area contributed by atoms with E-state index in [0.29, 0.717) is 24.6 Å². The molecule has 1 saturated carbocycles. The molecule has 0 bridgehead atoms. The summed E-state index contributed by atoms with van der Waals surface area (Å²) in [4.78, 5) is 0. The van der Waals surface area contributed by atoms with E-state index in [0.717, 1.165) is 30.6 Å². The Balaban J connectivity index is 2.07. The molecule has 0 aromatic heterocycles. The topological polar surface area (TPSA) is 59.0 Å². The molecule has 0 unspecified atom stereocenters. The summed E-state index contributed by atoms with van der Waals surface area (Å²) in [5.41, 5.74) is 6.68. The van der Waals surface area contributed by atoms with Crippen LogP contribution in [0.1, 0.15) is 24.8 Å². The summed E-state index contributed by atoms with van der Waals surface area (Å²) in [5, 5.41) is 9.40. The number of ether oxygens (including phenoxy) is 1. The van der Waals surface area contributed by atoms with Crippen molar-refractivity contribution in [1.29, 1.82) is 5.26 Å². The number of benzene rings is 1. The summed E-state index contributed by atoms with van der Waals surface area (Å²) in [6.45, 7) is 1.14. The van der Waals surface area contributed by atoms with Gasteiger partial charge in [0.05, 0.1) is 17.7 Å². The Morgan fingerprint density at radius 2 is 2.22 bits per heavy atom. The van der Waals surface area contributed by atoms with Gasteiger partial charge in [-0.3, -0.25) is 0 Å². The summed E-state index contributed by atoms with van der Waals surface area (Å²) < 4.78 is 5.86. The van der Waals surface area contributed by atoms with Crippen molar-refractivity contribution in [1.82, 2.24) is 0 Å². The van der Waals surface area contributed by atoms with Crippen molar-refractivity contribution in [3.8, 4) is 11.8 Å². The maximum Gasteiger partial charge on any atom is 0.141 e. The largest absolute Gasteiger partial charge is 0.491 e. The molecule has 2 rings (SSSR count). The fourth-order valence-corrected chi connectivity index (χ4v) is 2.26. The molecule has 18 heavy (non-hydrogen) atoms. The van der Waals surface area contributed by atoms with Gasteiger partial charge in [0.25, 0.3) is 0 Å². The lowest BCUT2D eigenvalue weighted by atomic mass is 10.1. The summed E-state index contributed by atoms with van der Waals surface area (Å²) in [5.74, 6) is 0.730. The molecular formula is C14H17ClN2O. The summed E-state index contributed by atoms with van der Waals surface area (Å²) in [6.07, 6.45) is 3.44. The molecule has 2 N–H and O–H groups in total. The third kappa shape index (κ3) is 2.95. The van der Waals surface area contributed by atoms with Crippen molar-refractivity contribution in [3.05, 3.63) is 28.8 Å². The Kier molecular flexibility index (Phi) is 4.11. The van der Waals surface area contributed by atoms with Gasteiger partial charge in [-0.1, -0.05) is 23.7 Å². The van der Waals surface area contributed by atoms with Crippen LogP contribution in [0.2, 0.25) is 5.02 Å². The average Bonchev–Trinajstić information content (AvgIpc) is 3.10. The number of hydrogen-bond acceptors (Lipinski definition) is 3. The van der Waals surface area contributed by atoms with Crippen LogP contribution in [0, 0.1) is 16.7 Å². The predicted molar refractivity (Wildman–Crippen MR) is 71.6 cm³/mol. The second kappa shape index (κ2) is 5.60. The van der Waals surface area contributed by atoms with Crippen LogP contribution in [0.15, 0.2) is 18.2 Å². The molecule has 0 atom stereocenters. The number of nitrogens with two attached hydrogens (primary N) is 1. The van der Waals surface area contributed by atoms with Crippen LogP contribution >= 0.6 is 11.6 Å². The van der Waals surface area contributed by atoms with E-state index in [1.165, 1.54) is 0 Å². The highest BCUT2D eigenvalue weighted by atomic mass is 35.5. The SMILES string of the molecule is N#CCC1(COc2c(Cl)cccc2CCN)CC1. The molecule has 0 radical (unpaired) electrons. The lowest BCUT2D eigenvalue weighted by Gasteiger charge is -2.16. The van der Waals surface area contributed by atoms with Gasteiger partial charge in [0.2, 0.25) is 0 Å². The van der Waals surface area contributed by atoms with E-state index in [1.807, 2.05) is 18.2 Å². The van der Waals surface area contributed by atoms with Crippen LogP contribution < -0.4 is 10.5 Å². The third-order valence-corrected chi connectivity index (χ3v) is 3.69. The van der Waals surface area contributed by atoms with Crippen LogP contribution in [-0.4, -0.2) is 13.2 Å². The standard InChI is InChI=1S/C14H17ClN2O/c15-12-3-1-2-11(4-8-16)13(12)18-10-14(5-6-14)7-9-17/h1-3H,4-8,10,16H2. The van der Waals surface area contributed by atoms with Crippen LogP contribution in [0.3, 0.4) is 0 Å². The van der Waals surface area contributed by atoms with Crippen molar-refractivity contribution >= 4 is 11.6 Å². The maximum atomic E-state index is 8.78. The minimum atomic E-state index is 0.0634. The van der Waals surface area contributed by atoms with E-state index in [4.69, 9.17) is 27.3 Å². The Labute approximate surface area is 112 Å². The molecule has 1 aliphatic rings. The zero-order chi connectivity index (χ0) is 13.0. The monoisotopic (exact) mass is 264 g/mol. The van der Waals surface area contributed by atoms with E-state index in [-0.39, 0.29) is 5.41 Å². The quantitative estimate of drug-likeness (QED) is 0.859. The van der Waals surface area contributed by atoms with Crippen LogP contribution in [0.25, 0.3) is 0 Å². The molecule has 0 spiro atoms. The Hall–Kier alpha value is -1.24. The van der Waals surface area contributed by atoms with Gasteiger partial charge in [0.1, 0.15) is 5.75 Å². The zero-order valence-electron chi connectivity index (χ0n) is 10.3. The van der Waals surface area contributed by atoms with Crippen LogP contribution in [-0.2, 0) is 6.42 Å². The molecule has 1 aromatic rings. The number of para-hydroxylation sites is 1. The number of nitrogens with zero attached hydrogens (tertiary/aromatic N) is 1. The first-order valence-corrected chi connectivity index (χ1v) is 6.56. The molecule has 0 heterocycles.